The van der Waals surface area contributed by atoms with E-state index in [0.29, 0.717) is 0 Å². The maximum Gasteiger partial charge on any atom is 0.0160 e. The minimum Gasteiger partial charge on any atom is -0.306 e. The Morgan fingerprint density at radius 2 is 2.12 bits per heavy atom. The molecule has 1 heteroatoms. The first kappa shape index (κ1) is 7.44. The molecule has 0 aliphatic carbocycles. The van der Waals surface area contributed by atoms with Crippen molar-refractivity contribution in [2.24, 2.45) is 0 Å². The van der Waals surface area contributed by atoms with Gasteiger partial charge in [0.2, 0.25) is 0 Å². The maximum atomic E-state index is 3.55. The molecule has 0 bridgehead atoms. The quantitative estimate of drug-likeness (QED) is 0.496. The molecule has 8 heavy (non-hydrogen) atoms. The zero-order valence-corrected chi connectivity index (χ0v) is 5.59. The summed E-state index contributed by atoms with van der Waals surface area (Å²) >= 11 is 0. The molecule has 46 valence electrons. The van der Waals surface area contributed by atoms with Gasteiger partial charge < -0.3 is 4.90 Å². The van der Waals surface area contributed by atoms with E-state index in [0.717, 1.165) is 6.54 Å². The van der Waals surface area contributed by atoms with E-state index >= 15 is 0 Å². The average Bonchev–Trinajstić information content (AvgIpc) is 1.66. The van der Waals surface area contributed by atoms with E-state index in [-0.39, 0.29) is 0 Å². The largest absolute Gasteiger partial charge is 0.306 e. The standard InChI is InChI=1S/C7H13N/c1-4-5-6-7-8(2)3/h4-6H,1,7H2,2-3H3/b6-5+. The van der Waals surface area contributed by atoms with E-state index in [2.05, 4.69) is 17.6 Å². The van der Waals surface area contributed by atoms with Crippen LogP contribution in [-0.4, -0.2) is 25.5 Å². The van der Waals surface area contributed by atoms with Crippen molar-refractivity contribution in [2.45, 2.75) is 0 Å². The molecule has 0 radical (unpaired) electrons. The summed E-state index contributed by atoms with van der Waals surface area (Å²) < 4.78 is 0. The van der Waals surface area contributed by atoms with Crippen molar-refractivity contribution in [3.8, 4) is 0 Å². The highest BCUT2D eigenvalue weighted by atomic mass is 15.0. The van der Waals surface area contributed by atoms with Crippen LogP contribution in [0, 0.1) is 0 Å². The van der Waals surface area contributed by atoms with Crippen LogP contribution >= 0.6 is 0 Å². The molecule has 0 fully saturated rings. The zero-order chi connectivity index (χ0) is 6.41. The van der Waals surface area contributed by atoms with E-state index in [1.807, 2.05) is 20.2 Å². The van der Waals surface area contributed by atoms with Crippen LogP contribution in [0.4, 0.5) is 0 Å². The Bertz CT molecular complexity index is 82.4. The monoisotopic (exact) mass is 111 g/mol. The summed E-state index contributed by atoms with van der Waals surface area (Å²) in [7, 11) is 4.07. The molecule has 0 aromatic heterocycles. The van der Waals surface area contributed by atoms with E-state index in [9.17, 15) is 0 Å². The Labute approximate surface area is 51.3 Å². The van der Waals surface area contributed by atoms with Crippen LogP contribution in [0.5, 0.6) is 0 Å². The Balaban J connectivity index is 3.15. The fourth-order valence-electron chi connectivity index (χ4n) is 0.368. The number of hydrogen-bond acceptors (Lipinski definition) is 1. The predicted molar refractivity (Wildman–Crippen MR) is 37.9 cm³/mol. The molecule has 0 rings (SSSR count). The average molecular weight is 111 g/mol. The third kappa shape index (κ3) is 5.44. The second-order valence-electron chi connectivity index (χ2n) is 1.93. The normalized spacial score (nSPS) is 10.9. The highest BCUT2D eigenvalue weighted by Crippen LogP contribution is 1.76. The lowest BCUT2D eigenvalue weighted by molar-refractivity contribution is 0.456. The van der Waals surface area contributed by atoms with Crippen molar-refractivity contribution in [3.05, 3.63) is 24.8 Å². The summed E-state index contributed by atoms with van der Waals surface area (Å²) in [5, 5.41) is 0. The van der Waals surface area contributed by atoms with Gasteiger partial charge in [-0.1, -0.05) is 24.8 Å². The topological polar surface area (TPSA) is 3.24 Å². The molecule has 0 aliphatic rings. The van der Waals surface area contributed by atoms with E-state index in [1.54, 1.807) is 6.08 Å². The number of likely N-dealkylation sites (N-methyl/N-ethyl adjacent to an activating group) is 1. The van der Waals surface area contributed by atoms with Crippen LogP contribution in [0.3, 0.4) is 0 Å². The van der Waals surface area contributed by atoms with Gasteiger partial charge in [0.15, 0.2) is 0 Å². The van der Waals surface area contributed by atoms with Gasteiger partial charge in [0.1, 0.15) is 0 Å². The summed E-state index contributed by atoms with van der Waals surface area (Å²) in [5.41, 5.74) is 0. The van der Waals surface area contributed by atoms with Crippen molar-refractivity contribution in [2.75, 3.05) is 20.6 Å². The summed E-state index contributed by atoms with van der Waals surface area (Å²) in [6.45, 7) is 4.54. The van der Waals surface area contributed by atoms with Gasteiger partial charge in [-0.05, 0) is 14.1 Å². The number of rotatable bonds is 3. The van der Waals surface area contributed by atoms with Gasteiger partial charge >= 0.3 is 0 Å². The lowest BCUT2D eigenvalue weighted by atomic mass is 10.5. The molecular weight excluding hydrogens is 98.1 g/mol. The third-order valence-corrected chi connectivity index (χ3v) is 0.743. The van der Waals surface area contributed by atoms with E-state index in [4.69, 9.17) is 0 Å². The Hall–Kier alpha value is -0.560. The molecule has 0 amide bonds. The number of hydrogen-bond donors (Lipinski definition) is 0. The molecule has 0 aromatic rings. The first-order valence-corrected chi connectivity index (χ1v) is 2.69. The fourth-order valence-corrected chi connectivity index (χ4v) is 0.368. The van der Waals surface area contributed by atoms with Gasteiger partial charge in [-0.25, -0.2) is 0 Å². The van der Waals surface area contributed by atoms with Crippen molar-refractivity contribution >= 4 is 0 Å². The minimum absolute atomic E-state index is 0.992. The summed E-state index contributed by atoms with van der Waals surface area (Å²) in [4.78, 5) is 2.10. The Kier molecular flexibility index (Phi) is 4.27. The van der Waals surface area contributed by atoms with Gasteiger partial charge in [-0.2, -0.15) is 0 Å². The van der Waals surface area contributed by atoms with E-state index in [1.165, 1.54) is 0 Å². The smallest absolute Gasteiger partial charge is 0.0160 e. The van der Waals surface area contributed by atoms with Crippen LogP contribution in [-0.2, 0) is 0 Å². The van der Waals surface area contributed by atoms with Gasteiger partial charge in [0.25, 0.3) is 0 Å². The maximum absolute atomic E-state index is 3.55. The van der Waals surface area contributed by atoms with Crippen LogP contribution in [0.25, 0.3) is 0 Å². The van der Waals surface area contributed by atoms with Crippen molar-refractivity contribution in [1.29, 1.82) is 0 Å². The Morgan fingerprint density at radius 1 is 1.50 bits per heavy atom. The lowest BCUT2D eigenvalue weighted by Gasteiger charge is -2.02. The summed E-state index contributed by atoms with van der Waals surface area (Å²) in [5.74, 6) is 0. The van der Waals surface area contributed by atoms with Gasteiger partial charge in [-0.3, -0.25) is 0 Å². The summed E-state index contributed by atoms with van der Waals surface area (Å²) in [6, 6.07) is 0. The molecule has 0 N–H and O–H groups in total. The fraction of sp³-hybridized carbons (Fsp3) is 0.429. The first-order valence-electron chi connectivity index (χ1n) is 2.69. The molecule has 0 saturated carbocycles. The first-order chi connectivity index (χ1) is 3.77. The van der Waals surface area contributed by atoms with Crippen LogP contribution in [0.2, 0.25) is 0 Å². The number of allylic oxidation sites excluding steroid dienone is 2. The molecule has 0 aromatic carbocycles. The SMILES string of the molecule is C=C/C=C/CN(C)C. The second kappa shape index (κ2) is 4.60. The van der Waals surface area contributed by atoms with Gasteiger partial charge in [0.05, 0.1) is 0 Å². The van der Waals surface area contributed by atoms with E-state index < -0.39 is 0 Å². The highest BCUT2D eigenvalue weighted by Gasteiger charge is 1.77. The molecule has 0 unspecified atom stereocenters. The lowest BCUT2D eigenvalue weighted by Crippen LogP contribution is -2.10. The predicted octanol–water partition coefficient (Wildman–Crippen LogP) is 1.29. The molecule has 0 spiro atoms. The molecule has 1 nitrogen and oxygen atoms in total. The molecular formula is C7H13N. The van der Waals surface area contributed by atoms with Crippen LogP contribution < -0.4 is 0 Å². The van der Waals surface area contributed by atoms with Crippen molar-refractivity contribution in [3.63, 3.8) is 0 Å². The molecule has 0 saturated heterocycles. The van der Waals surface area contributed by atoms with Crippen molar-refractivity contribution in [1.82, 2.24) is 4.90 Å². The number of nitrogens with zero attached hydrogens (tertiary/aromatic N) is 1. The van der Waals surface area contributed by atoms with Crippen molar-refractivity contribution < 1.29 is 0 Å². The highest BCUT2D eigenvalue weighted by molar-refractivity contribution is 4.97. The van der Waals surface area contributed by atoms with Gasteiger partial charge in [0, 0.05) is 6.54 Å². The molecule has 0 atom stereocenters. The van der Waals surface area contributed by atoms with Gasteiger partial charge in [-0.15, -0.1) is 0 Å². The minimum atomic E-state index is 0.992. The molecule has 0 heterocycles. The summed E-state index contributed by atoms with van der Waals surface area (Å²) in [6.07, 6.45) is 5.79. The second-order valence-corrected chi connectivity index (χ2v) is 1.93. The van der Waals surface area contributed by atoms with Crippen LogP contribution in [0.1, 0.15) is 0 Å². The molecule has 0 aliphatic heterocycles. The zero-order valence-electron chi connectivity index (χ0n) is 5.59. The van der Waals surface area contributed by atoms with Crippen LogP contribution in [0.15, 0.2) is 24.8 Å². The Morgan fingerprint density at radius 3 is 2.50 bits per heavy atom. The third-order valence-electron chi connectivity index (χ3n) is 0.743.